The number of ether oxygens (including phenoxy) is 1. The minimum absolute atomic E-state index is 0.0748. The van der Waals surface area contributed by atoms with E-state index < -0.39 is 5.97 Å². The third-order valence-electron chi connectivity index (χ3n) is 3.68. The maximum absolute atomic E-state index is 12.7. The highest BCUT2D eigenvalue weighted by atomic mass is 16.5. The van der Waals surface area contributed by atoms with Gasteiger partial charge in [0.1, 0.15) is 6.54 Å². The van der Waals surface area contributed by atoms with E-state index in [-0.39, 0.29) is 18.2 Å². The molecule has 2 aromatic carbocycles. The Morgan fingerprint density at radius 1 is 1.00 bits per heavy atom. The second kappa shape index (κ2) is 6.91. The van der Waals surface area contributed by atoms with Gasteiger partial charge in [0.2, 0.25) is 5.78 Å². The molecule has 5 heteroatoms. The van der Waals surface area contributed by atoms with Crippen molar-refractivity contribution in [2.45, 2.75) is 6.54 Å². The van der Waals surface area contributed by atoms with Crippen molar-refractivity contribution >= 4 is 11.8 Å². The zero-order chi connectivity index (χ0) is 16.9. The third-order valence-corrected chi connectivity index (χ3v) is 3.68. The smallest absolute Gasteiger partial charge is 0.325 e. The standard InChI is InChI=1S/C19H16N2O3/c1-24-17(22)13-21-16(14-8-4-2-5-9-14)12-20-19(21)18(23)15-10-6-3-7-11-15/h2-12H,13H2,1H3. The second-order valence-corrected chi connectivity index (χ2v) is 5.19. The van der Waals surface area contributed by atoms with Crippen LogP contribution in [-0.4, -0.2) is 28.4 Å². The van der Waals surface area contributed by atoms with Gasteiger partial charge in [-0.25, -0.2) is 4.98 Å². The predicted octanol–water partition coefficient (Wildman–Crippen LogP) is 2.95. The molecule has 3 aromatic rings. The molecular formula is C19H16N2O3. The van der Waals surface area contributed by atoms with Crippen LogP contribution in [0.5, 0.6) is 0 Å². The van der Waals surface area contributed by atoms with Crippen LogP contribution in [0, 0.1) is 0 Å². The summed E-state index contributed by atoms with van der Waals surface area (Å²) in [5.41, 5.74) is 2.09. The normalized spacial score (nSPS) is 10.4. The molecule has 0 saturated heterocycles. The quantitative estimate of drug-likeness (QED) is 0.536. The van der Waals surface area contributed by atoms with Crippen molar-refractivity contribution in [1.82, 2.24) is 9.55 Å². The van der Waals surface area contributed by atoms with Crippen molar-refractivity contribution in [2.75, 3.05) is 7.11 Å². The van der Waals surface area contributed by atoms with Gasteiger partial charge in [-0.15, -0.1) is 0 Å². The first-order valence-electron chi connectivity index (χ1n) is 7.48. The first kappa shape index (κ1) is 15.7. The fraction of sp³-hybridized carbons (Fsp3) is 0.105. The molecule has 0 aliphatic carbocycles. The zero-order valence-corrected chi connectivity index (χ0v) is 13.2. The van der Waals surface area contributed by atoms with E-state index in [1.54, 1.807) is 35.0 Å². The largest absolute Gasteiger partial charge is 0.468 e. The lowest BCUT2D eigenvalue weighted by Crippen LogP contribution is -2.18. The molecule has 0 bridgehead atoms. The molecule has 0 fully saturated rings. The van der Waals surface area contributed by atoms with Crippen molar-refractivity contribution < 1.29 is 14.3 Å². The van der Waals surface area contributed by atoms with Crippen LogP contribution in [0.15, 0.2) is 66.9 Å². The Bertz CT molecular complexity index is 855. The van der Waals surface area contributed by atoms with E-state index in [2.05, 4.69) is 4.98 Å². The van der Waals surface area contributed by atoms with Gasteiger partial charge in [-0.05, 0) is 5.56 Å². The molecule has 0 saturated carbocycles. The molecule has 0 spiro atoms. The second-order valence-electron chi connectivity index (χ2n) is 5.19. The Labute approximate surface area is 139 Å². The average Bonchev–Trinajstić information content (AvgIpc) is 3.05. The van der Waals surface area contributed by atoms with E-state index in [9.17, 15) is 9.59 Å². The summed E-state index contributed by atoms with van der Waals surface area (Å²) < 4.78 is 6.35. The Kier molecular flexibility index (Phi) is 4.52. The fourth-order valence-corrected chi connectivity index (χ4v) is 2.47. The lowest BCUT2D eigenvalue weighted by atomic mass is 10.1. The maximum atomic E-state index is 12.7. The molecule has 3 rings (SSSR count). The molecule has 5 nitrogen and oxygen atoms in total. The predicted molar refractivity (Wildman–Crippen MR) is 89.6 cm³/mol. The first-order valence-corrected chi connectivity index (χ1v) is 7.48. The topological polar surface area (TPSA) is 61.2 Å². The van der Waals surface area contributed by atoms with Gasteiger partial charge in [-0.2, -0.15) is 0 Å². The van der Waals surface area contributed by atoms with Crippen LogP contribution >= 0.6 is 0 Å². The number of esters is 1. The van der Waals surface area contributed by atoms with Crippen LogP contribution in [0.25, 0.3) is 11.3 Å². The van der Waals surface area contributed by atoms with E-state index in [1.807, 2.05) is 36.4 Å². The summed E-state index contributed by atoms with van der Waals surface area (Å²) in [4.78, 5) is 28.8. The van der Waals surface area contributed by atoms with Crippen molar-refractivity contribution in [1.29, 1.82) is 0 Å². The molecule has 120 valence electrons. The Hall–Kier alpha value is -3.21. The zero-order valence-electron chi connectivity index (χ0n) is 13.2. The van der Waals surface area contributed by atoms with Gasteiger partial charge in [0.05, 0.1) is 19.0 Å². The Morgan fingerprint density at radius 2 is 1.62 bits per heavy atom. The number of aromatic nitrogens is 2. The van der Waals surface area contributed by atoms with Crippen LogP contribution in [0.4, 0.5) is 0 Å². The number of carbonyl (C=O) groups is 2. The van der Waals surface area contributed by atoms with Gasteiger partial charge in [0.25, 0.3) is 0 Å². The molecule has 0 aliphatic heterocycles. The monoisotopic (exact) mass is 320 g/mol. The SMILES string of the molecule is COC(=O)Cn1c(-c2ccccc2)cnc1C(=O)c1ccccc1. The lowest BCUT2D eigenvalue weighted by molar-refractivity contribution is -0.141. The van der Waals surface area contributed by atoms with Crippen LogP contribution < -0.4 is 0 Å². The van der Waals surface area contributed by atoms with Crippen molar-refractivity contribution in [3.8, 4) is 11.3 Å². The molecule has 24 heavy (non-hydrogen) atoms. The van der Waals surface area contributed by atoms with E-state index in [4.69, 9.17) is 4.74 Å². The highest BCUT2D eigenvalue weighted by Crippen LogP contribution is 2.22. The van der Waals surface area contributed by atoms with Gasteiger partial charge in [-0.3, -0.25) is 9.59 Å². The van der Waals surface area contributed by atoms with Gasteiger partial charge in [0, 0.05) is 5.56 Å². The minimum Gasteiger partial charge on any atom is -0.468 e. The highest BCUT2D eigenvalue weighted by Gasteiger charge is 2.21. The molecule has 0 radical (unpaired) electrons. The number of nitrogens with zero attached hydrogens (tertiary/aromatic N) is 2. The Balaban J connectivity index is 2.08. The van der Waals surface area contributed by atoms with E-state index in [0.29, 0.717) is 11.3 Å². The van der Waals surface area contributed by atoms with Crippen molar-refractivity contribution in [2.24, 2.45) is 0 Å². The third kappa shape index (κ3) is 3.10. The number of hydrogen-bond donors (Lipinski definition) is 0. The first-order chi connectivity index (χ1) is 11.7. The molecule has 0 amide bonds. The summed E-state index contributed by atoms with van der Waals surface area (Å²) in [7, 11) is 1.32. The van der Waals surface area contributed by atoms with Crippen LogP contribution in [-0.2, 0) is 16.1 Å². The molecule has 0 aliphatic rings. The summed E-state index contributed by atoms with van der Waals surface area (Å²) in [5.74, 6) is -0.459. The number of ketones is 1. The number of rotatable bonds is 5. The van der Waals surface area contributed by atoms with Crippen LogP contribution in [0.2, 0.25) is 0 Å². The maximum Gasteiger partial charge on any atom is 0.325 e. The van der Waals surface area contributed by atoms with Gasteiger partial charge in [-0.1, -0.05) is 60.7 Å². The summed E-state index contributed by atoms with van der Waals surface area (Å²) in [6.45, 7) is -0.0748. The Morgan fingerprint density at radius 3 is 2.25 bits per heavy atom. The number of methoxy groups -OCH3 is 1. The number of carbonyl (C=O) groups excluding carboxylic acids is 2. The van der Waals surface area contributed by atoms with Gasteiger partial charge < -0.3 is 9.30 Å². The van der Waals surface area contributed by atoms with E-state index in [0.717, 1.165) is 5.56 Å². The lowest BCUT2D eigenvalue weighted by Gasteiger charge is -2.10. The summed E-state index contributed by atoms with van der Waals surface area (Å²) in [5, 5.41) is 0. The van der Waals surface area contributed by atoms with Gasteiger partial charge in [0.15, 0.2) is 5.82 Å². The van der Waals surface area contributed by atoms with Crippen molar-refractivity contribution in [3.63, 3.8) is 0 Å². The summed E-state index contributed by atoms with van der Waals surface area (Å²) in [6.07, 6.45) is 1.61. The van der Waals surface area contributed by atoms with Crippen molar-refractivity contribution in [3.05, 3.63) is 78.2 Å². The van der Waals surface area contributed by atoms with Crippen LogP contribution in [0.1, 0.15) is 16.2 Å². The molecule has 0 atom stereocenters. The highest BCUT2D eigenvalue weighted by molar-refractivity contribution is 6.07. The molecule has 1 heterocycles. The van der Waals surface area contributed by atoms with Crippen LogP contribution in [0.3, 0.4) is 0 Å². The van der Waals surface area contributed by atoms with E-state index >= 15 is 0 Å². The number of imidazole rings is 1. The summed E-state index contributed by atoms with van der Waals surface area (Å²) >= 11 is 0. The number of benzene rings is 2. The fourth-order valence-electron chi connectivity index (χ4n) is 2.47. The number of hydrogen-bond acceptors (Lipinski definition) is 4. The molecule has 1 aromatic heterocycles. The van der Waals surface area contributed by atoms with E-state index in [1.165, 1.54) is 7.11 Å². The molecule has 0 N–H and O–H groups in total. The molecular weight excluding hydrogens is 304 g/mol. The summed E-state index contributed by atoms with van der Waals surface area (Å²) in [6, 6.07) is 18.4. The molecule has 0 unspecified atom stereocenters. The average molecular weight is 320 g/mol. The van der Waals surface area contributed by atoms with Gasteiger partial charge >= 0.3 is 5.97 Å². The minimum atomic E-state index is -0.438.